The lowest BCUT2D eigenvalue weighted by molar-refractivity contribution is 0.0751. The van der Waals surface area contributed by atoms with Crippen LogP contribution in [0.3, 0.4) is 0 Å². The van der Waals surface area contributed by atoms with Crippen LogP contribution in [0, 0.1) is 0 Å². The summed E-state index contributed by atoms with van der Waals surface area (Å²) >= 11 is 4.86. The molecule has 3 heterocycles. The minimum absolute atomic E-state index is 0.0966. The smallest absolute Gasteiger partial charge is 0.264 e. The molecule has 0 aliphatic carbocycles. The molecule has 2 aromatic heterocycles. The minimum Gasteiger partial charge on any atom is -0.396 e. The molecule has 1 saturated heterocycles. The molecule has 2 aromatic rings. The Morgan fingerprint density at radius 1 is 1.24 bits per heavy atom. The maximum atomic E-state index is 12.4. The number of carbonyl (C=O) groups is 1. The third kappa shape index (κ3) is 3.03. The maximum Gasteiger partial charge on any atom is 0.264 e. The van der Waals surface area contributed by atoms with Gasteiger partial charge in [-0.3, -0.25) is 4.79 Å². The fourth-order valence-corrected chi connectivity index (χ4v) is 3.73. The Morgan fingerprint density at radius 2 is 2.00 bits per heavy atom. The minimum atomic E-state index is 0.0966. The second kappa shape index (κ2) is 6.03. The van der Waals surface area contributed by atoms with Crippen molar-refractivity contribution in [1.29, 1.82) is 0 Å². The molecule has 0 aromatic carbocycles. The van der Waals surface area contributed by atoms with Gasteiger partial charge in [-0.25, -0.2) is 4.98 Å². The highest BCUT2D eigenvalue weighted by molar-refractivity contribution is 9.11. The van der Waals surface area contributed by atoms with Gasteiger partial charge in [0.2, 0.25) is 0 Å². The molecule has 7 heteroatoms. The van der Waals surface area contributed by atoms with Crippen molar-refractivity contribution in [2.24, 2.45) is 0 Å². The molecule has 21 heavy (non-hydrogen) atoms. The van der Waals surface area contributed by atoms with Crippen molar-refractivity contribution in [2.45, 2.75) is 0 Å². The van der Waals surface area contributed by atoms with Gasteiger partial charge in [0.05, 0.1) is 14.4 Å². The van der Waals surface area contributed by atoms with E-state index in [2.05, 4.69) is 25.8 Å². The van der Waals surface area contributed by atoms with Crippen LogP contribution in [-0.2, 0) is 0 Å². The molecule has 0 atom stereocenters. The summed E-state index contributed by atoms with van der Waals surface area (Å²) in [6.45, 7) is 2.87. The summed E-state index contributed by atoms with van der Waals surface area (Å²) in [6.07, 6.45) is 1.74. The van der Waals surface area contributed by atoms with Gasteiger partial charge in [0.15, 0.2) is 5.82 Å². The Balaban J connectivity index is 1.65. The predicted octanol–water partition coefficient (Wildman–Crippen LogP) is 2.45. The highest BCUT2D eigenvalue weighted by atomic mass is 79.9. The van der Waals surface area contributed by atoms with Crippen LogP contribution < -0.4 is 10.6 Å². The first-order chi connectivity index (χ1) is 10.1. The average Bonchev–Trinajstić information content (AvgIpc) is 2.94. The lowest BCUT2D eigenvalue weighted by Crippen LogP contribution is -2.49. The number of nitrogens with two attached hydrogens (primary N) is 1. The topological polar surface area (TPSA) is 62.5 Å². The monoisotopic (exact) mass is 366 g/mol. The number of pyridine rings is 1. The number of hydrogen-bond donors (Lipinski definition) is 1. The maximum absolute atomic E-state index is 12.4. The molecule has 1 amide bonds. The van der Waals surface area contributed by atoms with Gasteiger partial charge >= 0.3 is 0 Å². The fraction of sp³-hybridized carbons (Fsp3) is 0.286. The standard InChI is InChI=1S/C14H15BrN4OS/c15-12-4-3-11(21-12)14(20)19-8-6-18(7-9-19)13-10(16)2-1-5-17-13/h1-5H,6-9,16H2. The van der Waals surface area contributed by atoms with Crippen LogP contribution in [0.5, 0.6) is 0 Å². The molecule has 1 aliphatic rings. The van der Waals surface area contributed by atoms with E-state index < -0.39 is 0 Å². The third-order valence-corrected chi connectivity index (χ3v) is 5.08. The summed E-state index contributed by atoms with van der Waals surface area (Å²) in [5.74, 6) is 0.905. The van der Waals surface area contributed by atoms with Crippen molar-refractivity contribution in [2.75, 3.05) is 36.8 Å². The van der Waals surface area contributed by atoms with Gasteiger partial charge in [0.1, 0.15) is 0 Å². The van der Waals surface area contributed by atoms with Gasteiger partial charge in [-0.15, -0.1) is 11.3 Å². The molecule has 2 N–H and O–H groups in total. The van der Waals surface area contributed by atoms with E-state index in [0.29, 0.717) is 18.8 Å². The lowest BCUT2D eigenvalue weighted by Gasteiger charge is -2.35. The number of nitrogens with zero attached hydrogens (tertiary/aromatic N) is 3. The number of hydrogen-bond acceptors (Lipinski definition) is 5. The predicted molar refractivity (Wildman–Crippen MR) is 88.8 cm³/mol. The first kappa shape index (κ1) is 14.3. The molecule has 0 unspecified atom stereocenters. The van der Waals surface area contributed by atoms with E-state index in [1.165, 1.54) is 11.3 Å². The van der Waals surface area contributed by atoms with Gasteiger partial charge in [0.25, 0.3) is 5.91 Å². The van der Waals surface area contributed by atoms with Gasteiger partial charge in [-0.05, 0) is 40.2 Å². The average molecular weight is 367 g/mol. The SMILES string of the molecule is Nc1cccnc1N1CCN(C(=O)c2ccc(Br)s2)CC1. The molecule has 5 nitrogen and oxygen atoms in total. The molecule has 0 spiro atoms. The molecule has 0 saturated carbocycles. The number of aromatic nitrogens is 1. The van der Waals surface area contributed by atoms with E-state index in [1.807, 2.05) is 29.2 Å². The van der Waals surface area contributed by atoms with Crippen LogP contribution in [0.1, 0.15) is 9.67 Å². The highest BCUT2D eigenvalue weighted by Gasteiger charge is 2.24. The van der Waals surface area contributed by atoms with Crippen LogP contribution in [0.2, 0.25) is 0 Å². The van der Waals surface area contributed by atoms with Crippen LogP contribution in [-0.4, -0.2) is 42.0 Å². The summed E-state index contributed by atoms with van der Waals surface area (Å²) in [7, 11) is 0. The molecular weight excluding hydrogens is 352 g/mol. The van der Waals surface area contributed by atoms with Crippen LogP contribution in [0.4, 0.5) is 11.5 Å². The number of nitrogen functional groups attached to an aromatic ring is 1. The van der Waals surface area contributed by atoms with Gasteiger partial charge in [-0.1, -0.05) is 0 Å². The van der Waals surface area contributed by atoms with Crippen molar-refractivity contribution in [3.05, 3.63) is 39.1 Å². The van der Waals surface area contributed by atoms with Crippen LogP contribution >= 0.6 is 27.3 Å². The Kier molecular flexibility index (Phi) is 4.12. The van der Waals surface area contributed by atoms with E-state index in [-0.39, 0.29) is 5.91 Å². The van der Waals surface area contributed by atoms with Gasteiger partial charge < -0.3 is 15.5 Å². The Hall–Kier alpha value is -1.60. The number of halogens is 1. The van der Waals surface area contributed by atoms with Crippen molar-refractivity contribution < 1.29 is 4.79 Å². The number of anilines is 2. The van der Waals surface area contributed by atoms with E-state index in [4.69, 9.17) is 5.73 Å². The van der Waals surface area contributed by atoms with E-state index in [0.717, 1.165) is 27.6 Å². The first-order valence-corrected chi connectivity index (χ1v) is 8.26. The highest BCUT2D eigenvalue weighted by Crippen LogP contribution is 2.25. The Morgan fingerprint density at radius 3 is 2.62 bits per heavy atom. The first-order valence-electron chi connectivity index (χ1n) is 6.65. The van der Waals surface area contributed by atoms with E-state index in [9.17, 15) is 4.79 Å². The second-order valence-electron chi connectivity index (χ2n) is 4.80. The zero-order valence-electron chi connectivity index (χ0n) is 11.3. The van der Waals surface area contributed by atoms with Gasteiger partial charge in [-0.2, -0.15) is 0 Å². The number of carbonyl (C=O) groups excluding carboxylic acids is 1. The number of piperazine rings is 1. The summed E-state index contributed by atoms with van der Waals surface area (Å²) in [4.78, 5) is 21.5. The fourth-order valence-electron chi connectivity index (χ4n) is 2.38. The zero-order chi connectivity index (χ0) is 14.8. The summed E-state index contributed by atoms with van der Waals surface area (Å²) < 4.78 is 0.978. The number of rotatable bonds is 2. The quantitative estimate of drug-likeness (QED) is 0.886. The Bertz CT molecular complexity index is 652. The normalized spacial score (nSPS) is 15.3. The third-order valence-electron chi connectivity index (χ3n) is 3.47. The van der Waals surface area contributed by atoms with Crippen LogP contribution in [0.15, 0.2) is 34.2 Å². The van der Waals surface area contributed by atoms with E-state index in [1.54, 1.807) is 6.20 Å². The number of amides is 1. The van der Waals surface area contributed by atoms with Crippen molar-refractivity contribution in [3.63, 3.8) is 0 Å². The zero-order valence-corrected chi connectivity index (χ0v) is 13.7. The Labute approximate surface area is 135 Å². The molecule has 1 aliphatic heterocycles. The molecule has 110 valence electrons. The van der Waals surface area contributed by atoms with Crippen molar-refractivity contribution in [3.8, 4) is 0 Å². The summed E-state index contributed by atoms with van der Waals surface area (Å²) in [6, 6.07) is 7.44. The largest absolute Gasteiger partial charge is 0.396 e. The van der Waals surface area contributed by atoms with Crippen LogP contribution in [0.25, 0.3) is 0 Å². The lowest BCUT2D eigenvalue weighted by atomic mass is 10.2. The van der Waals surface area contributed by atoms with Crippen molar-refractivity contribution >= 4 is 44.7 Å². The number of thiophene rings is 1. The molecule has 0 bridgehead atoms. The van der Waals surface area contributed by atoms with Gasteiger partial charge in [0, 0.05) is 32.4 Å². The molecule has 0 radical (unpaired) electrons. The van der Waals surface area contributed by atoms with Crippen molar-refractivity contribution in [1.82, 2.24) is 9.88 Å². The molecule has 1 fully saturated rings. The molecular formula is C14H15BrN4OS. The second-order valence-corrected chi connectivity index (χ2v) is 7.26. The summed E-state index contributed by atoms with van der Waals surface area (Å²) in [5.41, 5.74) is 6.63. The van der Waals surface area contributed by atoms with E-state index >= 15 is 0 Å². The molecule has 3 rings (SSSR count). The summed E-state index contributed by atoms with van der Waals surface area (Å²) in [5, 5.41) is 0.